The van der Waals surface area contributed by atoms with Crippen LogP contribution >= 0.6 is 0 Å². The Kier molecular flexibility index (Phi) is 4.51. The predicted molar refractivity (Wildman–Crippen MR) is 80.3 cm³/mol. The van der Waals surface area contributed by atoms with Crippen LogP contribution in [-0.2, 0) is 0 Å². The van der Waals surface area contributed by atoms with Gasteiger partial charge in [-0.2, -0.15) is 0 Å². The van der Waals surface area contributed by atoms with Crippen molar-refractivity contribution in [1.29, 1.82) is 0 Å². The zero-order chi connectivity index (χ0) is 13.9. The molecule has 2 rings (SSSR count). The maximum Gasteiger partial charge on any atom is 0.119 e. The molecule has 0 radical (unpaired) electrons. The number of rotatable bonds is 5. The largest absolute Gasteiger partial charge is 0.494 e. The van der Waals surface area contributed by atoms with Crippen molar-refractivity contribution in [2.75, 3.05) is 6.61 Å². The monoisotopic (exact) mass is 261 g/mol. The van der Waals surface area contributed by atoms with Gasteiger partial charge >= 0.3 is 0 Å². The molecule has 0 amide bonds. The van der Waals surface area contributed by atoms with Crippen LogP contribution in [0.25, 0.3) is 0 Å². The van der Waals surface area contributed by atoms with E-state index in [1.807, 2.05) is 12.1 Å². The standard InChI is InChI=1S/C17H27NO/c1-4-12-19-14-9-7-13(8-10-14)16(18)15-6-5-11-17(15,2)3/h7-10,15-16H,4-6,11-12,18H2,1-3H3. The highest BCUT2D eigenvalue weighted by atomic mass is 16.5. The summed E-state index contributed by atoms with van der Waals surface area (Å²) in [5.74, 6) is 1.54. The Morgan fingerprint density at radius 1 is 1.32 bits per heavy atom. The van der Waals surface area contributed by atoms with Crippen LogP contribution in [0.2, 0.25) is 0 Å². The highest BCUT2D eigenvalue weighted by Crippen LogP contribution is 2.47. The van der Waals surface area contributed by atoms with E-state index in [0.29, 0.717) is 11.3 Å². The fourth-order valence-corrected chi connectivity index (χ4v) is 3.26. The number of hydrogen-bond acceptors (Lipinski definition) is 2. The molecule has 1 aromatic rings. The van der Waals surface area contributed by atoms with Gasteiger partial charge in [-0.25, -0.2) is 0 Å². The van der Waals surface area contributed by atoms with E-state index in [1.54, 1.807) is 0 Å². The molecular weight excluding hydrogens is 234 g/mol. The minimum Gasteiger partial charge on any atom is -0.494 e. The van der Waals surface area contributed by atoms with E-state index in [0.717, 1.165) is 18.8 Å². The van der Waals surface area contributed by atoms with Crippen molar-refractivity contribution in [2.45, 2.75) is 52.5 Å². The molecule has 1 fully saturated rings. The van der Waals surface area contributed by atoms with Crippen molar-refractivity contribution in [3.05, 3.63) is 29.8 Å². The second-order valence-corrected chi connectivity index (χ2v) is 6.43. The Bertz CT molecular complexity index is 396. The lowest BCUT2D eigenvalue weighted by atomic mass is 9.76. The molecule has 2 heteroatoms. The lowest BCUT2D eigenvalue weighted by Gasteiger charge is -2.32. The van der Waals surface area contributed by atoms with Crippen LogP contribution in [0, 0.1) is 11.3 Å². The number of benzene rings is 1. The third-order valence-corrected chi connectivity index (χ3v) is 4.51. The molecule has 2 nitrogen and oxygen atoms in total. The minimum absolute atomic E-state index is 0.151. The van der Waals surface area contributed by atoms with Gasteiger partial charge in [0.1, 0.15) is 5.75 Å². The summed E-state index contributed by atoms with van der Waals surface area (Å²) < 4.78 is 5.62. The van der Waals surface area contributed by atoms with Gasteiger partial charge in [-0.15, -0.1) is 0 Å². The van der Waals surface area contributed by atoms with Crippen molar-refractivity contribution < 1.29 is 4.74 Å². The first-order chi connectivity index (χ1) is 9.04. The Balaban J connectivity index is 2.05. The Hall–Kier alpha value is -1.02. The van der Waals surface area contributed by atoms with Gasteiger partial charge in [0.15, 0.2) is 0 Å². The van der Waals surface area contributed by atoms with Crippen LogP contribution in [0.3, 0.4) is 0 Å². The first-order valence-electron chi connectivity index (χ1n) is 7.53. The molecule has 0 bridgehead atoms. The first-order valence-corrected chi connectivity index (χ1v) is 7.53. The summed E-state index contributed by atoms with van der Waals surface area (Å²) in [6.07, 6.45) is 4.89. The van der Waals surface area contributed by atoms with Crippen LogP contribution in [-0.4, -0.2) is 6.61 Å². The average molecular weight is 261 g/mol. The molecule has 0 saturated heterocycles. The second kappa shape index (κ2) is 5.96. The normalized spacial score (nSPS) is 23.3. The van der Waals surface area contributed by atoms with Crippen LogP contribution in [0.5, 0.6) is 5.75 Å². The molecule has 0 aromatic heterocycles. The first kappa shape index (κ1) is 14.4. The Morgan fingerprint density at radius 2 is 2.00 bits per heavy atom. The van der Waals surface area contributed by atoms with Crippen molar-refractivity contribution in [2.24, 2.45) is 17.1 Å². The van der Waals surface area contributed by atoms with Gasteiger partial charge in [-0.05, 0) is 48.3 Å². The van der Waals surface area contributed by atoms with Crippen molar-refractivity contribution in [3.63, 3.8) is 0 Å². The van der Waals surface area contributed by atoms with Gasteiger partial charge in [0.2, 0.25) is 0 Å². The van der Waals surface area contributed by atoms with Crippen LogP contribution < -0.4 is 10.5 Å². The Morgan fingerprint density at radius 3 is 2.53 bits per heavy atom. The summed E-state index contributed by atoms with van der Waals surface area (Å²) in [5.41, 5.74) is 8.10. The maximum atomic E-state index is 6.49. The van der Waals surface area contributed by atoms with Crippen molar-refractivity contribution in [3.8, 4) is 5.75 Å². The van der Waals surface area contributed by atoms with Crippen molar-refractivity contribution in [1.82, 2.24) is 0 Å². The average Bonchev–Trinajstić information content (AvgIpc) is 2.76. The van der Waals surface area contributed by atoms with E-state index in [1.165, 1.54) is 24.8 Å². The van der Waals surface area contributed by atoms with Crippen molar-refractivity contribution >= 4 is 0 Å². The summed E-state index contributed by atoms with van der Waals surface area (Å²) in [5, 5.41) is 0. The van der Waals surface area contributed by atoms with E-state index in [-0.39, 0.29) is 6.04 Å². The van der Waals surface area contributed by atoms with Crippen LogP contribution in [0.4, 0.5) is 0 Å². The summed E-state index contributed by atoms with van der Waals surface area (Å²) in [7, 11) is 0. The van der Waals surface area contributed by atoms with E-state index in [2.05, 4.69) is 32.9 Å². The molecule has 0 heterocycles. The molecule has 0 spiro atoms. The van der Waals surface area contributed by atoms with Gasteiger partial charge in [0, 0.05) is 6.04 Å². The molecule has 1 saturated carbocycles. The molecule has 19 heavy (non-hydrogen) atoms. The van der Waals surface area contributed by atoms with Gasteiger partial charge in [-0.1, -0.05) is 39.3 Å². The van der Waals surface area contributed by atoms with Crippen LogP contribution in [0.1, 0.15) is 58.1 Å². The summed E-state index contributed by atoms with van der Waals surface area (Å²) in [6, 6.07) is 8.51. The SMILES string of the molecule is CCCOc1ccc(C(N)C2CCCC2(C)C)cc1. The smallest absolute Gasteiger partial charge is 0.119 e. The highest BCUT2D eigenvalue weighted by molar-refractivity contribution is 5.29. The van der Waals surface area contributed by atoms with E-state index in [4.69, 9.17) is 10.5 Å². The second-order valence-electron chi connectivity index (χ2n) is 6.43. The molecule has 2 atom stereocenters. The van der Waals surface area contributed by atoms with E-state index < -0.39 is 0 Å². The summed E-state index contributed by atoms with van der Waals surface area (Å²) in [4.78, 5) is 0. The third-order valence-electron chi connectivity index (χ3n) is 4.51. The number of nitrogens with two attached hydrogens (primary N) is 1. The lowest BCUT2D eigenvalue weighted by molar-refractivity contribution is 0.222. The molecule has 1 aliphatic carbocycles. The molecule has 1 aromatic carbocycles. The maximum absolute atomic E-state index is 6.49. The zero-order valence-corrected chi connectivity index (χ0v) is 12.5. The fourth-order valence-electron chi connectivity index (χ4n) is 3.26. The fraction of sp³-hybridized carbons (Fsp3) is 0.647. The number of ether oxygens (including phenoxy) is 1. The van der Waals surface area contributed by atoms with E-state index in [9.17, 15) is 0 Å². The Labute approximate surface area is 117 Å². The van der Waals surface area contributed by atoms with Gasteiger partial charge in [0.05, 0.1) is 6.61 Å². The minimum atomic E-state index is 0.151. The summed E-state index contributed by atoms with van der Waals surface area (Å²) in [6.45, 7) is 7.60. The lowest BCUT2D eigenvalue weighted by Crippen LogP contribution is -2.29. The summed E-state index contributed by atoms with van der Waals surface area (Å²) >= 11 is 0. The van der Waals surface area contributed by atoms with E-state index >= 15 is 0 Å². The third kappa shape index (κ3) is 3.30. The van der Waals surface area contributed by atoms with Gasteiger partial charge < -0.3 is 10.5 Å². The number of hydrogen-bond donors (Lipinski definition) is 1. The quantitative estimate of drug-likeness (QED) is 0.857. The van der Waals surface area contributed by atoms with Gasteiger partial charge in [0.25, 0.3) is 0 Å². The molecule has 2 unspecified atom stereocenters. The molecular formula is C17H27NO. The molecule has 0 aliphatic heterocycles. The molecule has 1 aliphatic rings. The highest BCUT2D eigenvalue weighted by Gasteiger charge is 2.38. The van der Waals surface area contributed by atoms with Gasteiger partial charge in [-0.3, -0.25) is 0 Å². The molecule has 2 N–H and O–H groups in total. The molecule has 106 valence electrons. The van der Waals surface area contributed by atoms with Crippen LogP contribution in [0.15, 0.2) is 24.3 Å². The zero-order valence-electron chi connectivity index (χ0n) is 12.5. The topological polar surface area (TPSA) is 35.2 Å². The predicted octanol–water partition coefficient (Wildman–Crippen LogP) is 4.30.